The second kappa shape index (κ2) is 10.7. The predicted octanol–water partition coefficient (Wildman–Crippen LogP) is 4.47. The van der Waals surface area contributed by atoms with Gasteiger partial charge < -0.3 is 20.7 Å². The molecule has 0 unspecified atom stereocenters. The molecular formula is C28H29N5O. The first-order valence-corrected chi connectivity index (χ1v) is 11.2. The number of nitrogen functional groups attached to an aromatic ring is 1. The Morgan fingerprint density at radius 3 is 2.59 bits per heavy atom. The minimum Gasteiger partial charge on any atom is -0.492 e. The van der Waals surface area contributed by atoms with Gasteiger partial charge in [-0.3, -0.25) is 4.98 Å². The molecule has 0 aliphatic rings. The van der Waals surface area contributed by atoms with Crippen molar-refractivity contribution >= 4 is 22.4 Å². The normalized spacial score (nSPS) is 10.7. The van der Waals surface area contributed by atoms with E-state index in [0.717, 1.165) is 40.1 Å². The summed E-state index contributed by atoms with van der Waals surface area (Å²) in [6.07, 6.45) is 3.42. The lowest BCUT2D eigenvalue weighted by molar-refractivity contribution is 0.261. The molecule has 4 rings (SSSR count). The van der Waals surface area contributed by atoms with E-state index in [4.69, 9.17) is 10.5 Å². The number of likely N-dealkylation sites (N-methyl/N-ethyl adjacent to an activating group) is 1. The zero-order chi connectivity index (χ0) is 23.9. The molecular weight excluding hydrogens is 422 g/mol. The van der Waals surface area contributed by atoms with Crippen molar-refractivity contribution in [2.45, 2.75) is 13.5 Å². The minimum atomic E-state index is 0.414. The summed E-state index contributed by atoms with van der Waals surface area (Å²) < 4.78 is 5.77. The number of aromatic nitrogens is 2. The van der Waals surface area contributed by atoms with Crippen molar-refractivity contribution in [1.82, 2.24) is 14.9 Å². The monoisotopic (exact) mass is 451 g/mol. The summed E-state index contributed by atoms with van der Waals surface area (Å²) in [7, 11) is 4.07. The first-order chi connectivity index (χ1) is 16.5. The lowest BCUT2D eigenvalue weighted by atomic mass is 10.1. The Kier molecular flexibility index (Phi) is 7.26. The van der Waals surface area contributed by atoms with Crippen LogP contribution in [-0.2, 0) is 6.54 Å². The van der Waals surface area contributed by atoms with Crippen molar-refractivity contribution in [3.05, 3.63) is 89.2 Å². The molecule has 0 saturated carbocycles. The van der Waals surface area contributed by atoms with Crippen LogP contribution in [0.25, 0.3) is 10.9 Å². The van der Waals surface area contributed by atoms with Crippen LogP contribution in [0.3, 0.4) is 0 Å². The van der Waals surface area contributed by atoms with Crippen LogP contribution in [0.15, 0.2) is 67.0 Å². The molecule has 0 atom stereocenters. The van der Waals surface area contributed by atoms with Crippen molar-refractivity contribution < 1.29 is 4.74 Å². The van der Waals surface area contributed by atoms with Gasteiger partial charge in [-0.05, 0) is 68.5 Å². The summed E-state index contributed by atoms with van der Waals surface area (Å²) >= 11 is 0. The highest BCUT2D eigenvalue weighted by atomic mass is 16.5. The number of nitrogens with two attached hydrogens (primary N) is 1. The van der Waals surface area contributed by atoms with Gasteiger partial charge in [0.1, 0.15) is 23.7 Å². The van der Waals surface area contributed by atoms with Crippen LogP contribution in [0.1, 0.15) is 22.3 Å². The van der Waals surface area contributed by atoms with Crippen LogP contribution < -0.4 is 15.8 Å². The van der Waals surface area contributed by atoms with Gasteiger partial charge in [-0.1, -0.05) is 30.0 Å². The number of nitrogens with zero attached hydrogens (tertiary/aromatic N) is 3. The fourth-order valence-corrected chi connectivity index (χ4v) is 3.45. The summed E-state index contributed by atoms with van der Waals surface area (Å²) in [6, 6.07) is 18.3. The first-order valence-electron chi connectivity index (χ1n) is 11.2. The molecule has 3 N–H and O–H groups in total. The van der Waals surface area contributed by atoms with E-state index >= 15 is 0 Å². The fraction of sp³-hybridized carbons (Fsp3) is 0.214. The van der Waals surface area contributed by atoms with E-state index in [1.54, 1.807) is 12.4 Å². The Balaban J connectivity index is 1.44. The number of rotatable bonds is 7. The summed E-state index contributed by atoms with van der Waals surface area (Å²) in [4.78, 5) is 10.7. The van der Waals surface area contributed by atoms with Crippen LogP contribution >= 0.6 is 0 Å². The van der Waals surface area contributed by atoms with Crippen molar-refractivity contribution in [3.63, 3.8) is 0 Å². The Morgan fingerprint density at radius 2 is 1.79 bits per heavy atom. The molecule has 4 aromatic rings. The van der Waals surface area contributed by atoms with E-state index < -0.39 is 0 Å². The van der Waals surface area contributed by atoms with Crippen LogP contribution in [0.5, 0.6) is 5.75 Å². The third-order valence-corrected chi connectivity index (χ3v) is 5.47. The maximum Gasteiger partial charge on any atom is 0.150 e. The minimum absolute atomic E-state index is 0.414. The molecule has 0 spiro atoms. The topological polar surface area (TPSA) is 76.3 Å². The van der Waals surface area contributed by atoms with Crippen molar-refractivity contribution in [1.29, 1.82) is 0 Å². The van der Waals surface area contributed by atoms with Gasteiger partial charge in [0.15, 0.2) is 0 Å². The van der Waals surface area contributed by atoms with Gasteiger partial charge in [-0.2, -0.15) is 0 Å². The quantitative estimate of drug-likeness (QED) is 0.404. The molecule has 0 amide bonds. The number of fused-ring (bicyclic) bond motifs is 1. The standard InChI is InChI=1S/C28H29N5O/c1-20-6-11-24(31-18-21-7-12-25(13-8-21)34-16-15-33(2)3)17-22(20)9-10-23-19-32-28(29)27-26(23)5-4-14-30-27/h4-8,11-14,17,19,31H,15-16,18H2,1-3H3,(H2,29,32). The number of pyridine rings is 2. The lowest BCUT2D eigenvalue weighted by Crippen LogP contribution is -2.19. The third kappa shape index (κ3) is 5.83. The number of hydrogen-bond donors (Lipinski definition) is 2. The van der Waals surface area contributed by atoms with E-state index in [0.29, 0.717) is 24.5 Å². The highest BCUT2D eigenvalue weighted by Crippen LogP contribution is 2.21. The molecule has 6 heteroatoms. The predicted molar refractivity (Wildman–Crippen MR) is 139 cm³/mol. The average molecular weight is 452 g/mol. The Morgan fingerprint density at radius 1 is 1.00 bits per heavy atom. The maximum atomic E-state index is 5.96. The second-order valence-corrected chi connectivity index (χ2v) is 8.39. The van der Waals surface area contributed by atoms with Crippen LogP contribution in [0.4, 0.5) is 11.5 Å². The summed E-state index contributed by atoms with van der Waals surface area (Å²) in [5.74, 6) is 7.85. The molecule has 0 aliphatic heterocycles. The zero-order valence-electron chi connectivity index (χ0n) is 19.8. The Labute approximate surface area is 200 Å². The summed E-state index contributed by atoms with van der Waals surface area (Å²) in [6.45, 7) is 4.34. The van der Waals surface area contributed by atoms with Gasteiger partial charge in [-0.25, -0.2) is 4.98 Å². The molecule has 2 aromatic heterocycles. The number of anilines is 2. The molecule has 2 heterocycles. The molecule has 0 aliphatic carbocycles. The molecule has 34 heavy (non-hydrogen) atoms. The van der Waals surface area contributed by atoms with Crippen LogP contribution in [0, 0.1) is 18.8 Å². The molecule has 172 valence electrons. The largest absolute Gasteiger partial charge is 0.492 e. The zero-order valence-corrected chi connectivity index (χ0v) is 19.8. The van der Waals surface area contributed by atoms with Crippen LogP contribution in [0.2, 0.25) is 0 Å². The third-order valence-electron chi connectivity index (χ3n) is 5.47. The maximum absolute atomic E-state index is 5.96. The average Bonchev–Trinajstić information content (AvgIpc) is 2.84. The number of benzene rings is 2. The second-order valence-electron chi connectivity index (χ2n) is 8.39. The number of ether oxygens (including phenoxy) is 1. The summed E-state index contributed by atoms with van der Waals surface area (Å²) in [5, 5.41) is 4.39. The highest BCUT2D eigenvalue weighted by Gasteiger charge is 2.05. The highest BCUT2D eigenvalue weighted by molar-refractivity contribution is 5.91. The van der Waals surface area contributed by atoms with Gasteiger partial charge in [0.25, 0.3) is 0 Å². The Hall–Kier alpha value is -4.08. The van der Waals surface area contributed by atoms with E-state index in [1.165, 1.54) is 5.56 Å². The van der Waals surface area contributed by atoms with Gasteiger partial charge in [0.05, 0.1) is 5.56 Å². The first kappa shape index (κ1) is 23.1. The molecule has 0 bridgehead atoms. The smallest absolute Gasteiger partial charge is 0.150 e. The number of nitrogens with one attached hydrogen (secondary N) is 1. The van der Waals surface area contributed by atoms with E-state index in [-0.39, 0.29) is 0 Å². The molecule has 0 saturated heterocycles. The van der Waals surface area contributed by atoms with Gasteiger partial charge >= 0.3 is 0 Å². The Bertz CT molecular complexity index is 1340. The van der Waals surface area contributed by atoms with Crippen molar-refractivity contribution in [3.8, 4) is 17.6 Å². The van der Waals surface area contributed by atoms with Crippen molar-refractivity contribution in [2.24, 2.45) is 0 Å². The number of hydrogen-bond acceptors (Lipinski definition) is 6. The molecule has 2 aromatic carbocycles. The van der Waals surface area contributed by atoms with E-state index in [1.807, 2.05) is 38.4 Å². The van der Waals surface area contributed by atoms with Gasteiger partial charge in [0.2, 0.25) is 0 Å². The van der Waals surface area contributed by atoms with Crippen molar-refractivity contribution in [2.75, 3.05) is 38.3 Å². The SMILES string of the molecule is Cc1ccc(NCc2ccc(OCCN(C)C)cc2)cc1C#Cc1cnc(N)c2ncccc12. The molecule has 0 fully saturated rings. The molecule has 0 radical (unpaired) electrons. The van der Waals surface area contributed by atoms with Gasteiger partial charge in [-0.15, -0.1) is 0 Å². The lowest BCUT2D eigenvalue weighted by Gasteiger charge is -2.12. The van der Waals surface area contributed by atoms with E-state index in [9.17, 15) is 0 Å². The van der Waals surface area contributed by atoms with Gasteiger partial charge in [0, 0.05) is 42.1 Å². The fourth-order valence-electron chi connectivity index (χ4n) is 3.45. The van der Waals surface area contributed by atoms with Crippen LogP contribution in [-0.4, -0.2) is 42.1 Å². The van der Waals surface area contributed by atoms with E-state index in [2.05, 4.69) is 69.3 Å². The number of aryl methyl sites for hydroxylation is 1. The summed E-state index contributed by atoms with van der Waals surface area (Å²) in [5.41, 5.74) is 11.7. The molecule has 6 nitrogen and oxygen atoms in total.